The van der Waals surface area contributed by atoms with E-state index in [1.807, 2.05) is 0 Å². The molecule has 2 N–H and O–H groups in total. The Hall–Kier alpha value is -2.37. The number of carboxylic acid groups (broad SMARTS) is 1. The number of nitrogens with zero attached hydrogens (tertiary/aromatic N) is 1. The topological polar surface area (TPSA) is 96.2 Å². The number of aromatic nitrogens is 2. The molecule has 2 aromatic heterocycles. The highest BCUT2D eigenvalue weighted by atomic mass is 16.4. The molecule has 0 radical (unpaired) electrons. The van der Waals surface area contributed by atoms with E-state index >= 15 is 0 Å². The van der Waals surface area contributed by atoms with Gasteiger partial charge in [0.25, 0.3) is 0 Å². The molecule has 94 valence electrons. The number of furan rings is 1. The van der Waals surface area contributed by atoms with Crippen molar-refractivity contribution in [1.82, 2.24) is 9.97 Å². The Bertz CT molecular complexity index is 626. The molecule has 0 fully saturated rings. The summed E-state index contributed by atoms with van der Waals surface area (Å²) in [7, 11) is 0. The van der Waals surface area contributed by atoms with Crippen molar-refractivity contribution in [3.8, 4) is 11.5 Å². The highest BCUT2D eigenvalue weighted by Gasteiger charge is 2.23. The van der Waals surface area contributed by atoms with Gasteiger partial charge in [-0.3, -0.25) is 0 Å². The Labute approximate surface area is 102 Å². The molecule has 2 aromatic rings. The average Bonchev–Trinajstić information content (AvgIpc) is 2.80. The molecule has 0 amide bonds. The van der Waals surface area contributed by atoms with Gasteiger partial charge in [-0.25, -0.2) is 9.59 Å². The van der Waals surface area contributed by atoms with Crippen LogP contribution in [-0.2, 0) is 0 Å². The molecule has 0 aliphatic rings. The molecule has 0 aliphatic carbocycles. The van der Waals surface area contributed by atoms with Crippen molar-refractivity contribution < 1.29 is 14.3 Å². The fourth-order valence-corrected chi connectivity index (χ4v) is 1.73. The smallest absolute Gasteiger partial charge is 0.345 e. The Kier molecular flexibility index (Phi) is 3.01. The van der Waals surface area contributed by atoms with E-state index in [-0.39, 0.29) is 22.9 Å². The molecule has 0 aliphatic heterocycles. The Morgan fingerprint density at radius 1 is 1.50 bits per heavy atom. The van der Waals surface area contributed by atoms with Crippen LogP contribution in [0.15, 0.2) is 27.6 Å². The maximum atomic E-state index is 11.5. The number of hydrogen-bond donors (Lipinski definition) is 2. The Morgan fingerprint density at radius 3 is 2.72 bits per heavy atom. The van der Waals surface area contributed by atoms with Crippen LogP contribution in [0.4, 0.5) is 0 Å². The van der Waals surface area contributed by atoms with Crippen LogP contribution in [0.2, 0.25) is 0 Å². The second-order valence-corrected chi connectivity index (χ2v) is 4.12. The van der Waals surface area contributed by atoms with Crippen molar-refractivity contribution in [2.75, 3.05) is 0 Å². The lowest BCUT2D eigenvalue weighted by Crippen LogP contribution is -2.20. The molecule has 6 nitrogen and oxygen atoms in total. The molecule has 0 aromatic carbocycles. The Morgan fingerprint density at radius 2 is 2.22 bits per heavy atom. The summed E-state index contributed by atoms with van der Waals surface area (Å²) in [6.45, 7) is 3.59. The van der Waals surface area contributed by atoms with Gasteiger partial charge in [-0.05, 0) is 18.1 Å². The lowest BCUT2D eigenvalue weighted by molar-refractivity contribution is 0.0694. The largest absolute Gasteiger partial charge is 0.478 e. The highest BCUT2D eigenvalue weighted by molar-refractivity contribution is 5.95. The zero-order valence-electron chi connectivity index (χ0n) is 9.93. The summed E-state index contributed by atoms with van der Waals surface area (Å²) in [6.07, 6.45) is 1.40. The molecule has 0 saturated heterocycles. The van der Waals surface area contributed by atoms with Crippen molar-refractivity contribution >= 4 is 5.97 Å². The van der Waals surface area contributed by atoms with E-state index in [4.69, 9.17) is 4.42 Å². The third kappa shape index (κ3) is 2.04. The van der Waals surface area contributed by atoms with E-state index < -0.39 is 11.7 Å². The zero-order valence-corrected chi connectivity index (χ0v) is 9.93. The first-order valence-electron chi connectivity index (χ1n) is 5.42. The minimum absolute atomic E-state index is 0.0282. The van der Waals surface area contributed by atoms with Crippen molar-refractivity contribution in [1.29, 1.82) is 0 Å². The van der Waals surface area contributed by atoms with Crippen molar-refractivity contribution in [3.63, 3.8) is 0 Å². The summed E-state index contributed by atoms with van der Waals surface area (Å²) in [4.78, 5) is 29.0. The van der Waals surface area contributed by atoms with E-state index in [0.717, 1.165) is 0 Å². The summed E-state index contributed by atoms with van der Waals surface area (Å²) < 4.78 is 5.12. The number of carbonyl (C=O) groups is 1. The lowest BCUT2D eigenvalue weighted by Gasteiger charge is -2.11. The minimum Gasteiger partial charge on any atom is -0.478 e. The van der Waals surface area contributed by atoms with E-state index in [1.54, 1.807) is 26.0 Å². The summed E-state index contributed by atoms with van der Waals surface area (Å²) >= 11 is 0. The number of H-pyrrole nitrogens is 1. The number of carboxylic acids is 1. The third-order valence-electron chi connectivity index (χ3n) is 2.51. The predicted molar refractivity (Wildman–Crippen MR) is 63.6 cm³/mol. The molecule has 0 saturated carbocycles. The fraction of sp³-hybridized carbons (Fsp3) is 0.250. The fourth-order valence-electron chi connectivity index (χ4n) is 1.73. The van der Waals surface area contributed by atoms with Gasteiger partial charge in [0.2, 0.25) is 0 Å². The maximum absolute atomic E-state index is 11.5. The van der Waals surface area contributed by atoms with Gasteiger partial charge in [0.15, 0.2) is 5.76 Å². The van der Waals surface area contributed by atoms with Gasteiger partial charge in [0.1, 0.15) is 11.3 Å². The molecule has 0 atom stereocenters. The van der Waals surface area contributed by atoms with E-state index in [2.05, 4.69) is 9.97 Å². The van der Waals surface area contributed by atoms with Gasteiger partial charge in [-0.1, -0.05) is 13.8 Å². The van der Waals surface area contributed by atoms with Gasteiger partial charge >= 0.3 is 11.7 Å². The lowest BCUT2D eigenvalue weighted by atomic mass is 10.0. The summed E-state index contributed by atoms with van der Waals surface area (Å²) in [5.41, 5.74) is -0.219. The molecular weight excluding hydrogens is 236 g/mol. The SMILES string of the molecule is CC(C)c1[nH]c(=O)nc(-c2ccco2)c1C(=O)O. The molecule has 2 heterocycles. The summed E-state index contributed by atoms with van der Waals surface area (Å²) in [6, 6.07) is 3.18. The number of rotatable bonds is 3. The van der Waals surface area contributed by atoms with E-state index in [0.29, 0.717) is 5.69 Å². The van der Waals surface area contributed by atoms with Gasteiger partial charge in [-0.15, -0.1) is 0 Å². The van der Waals surface area contributed by atoms with Crippen LogP contribution in [0.3, 0.4) is 0 Å². The van der Waals surface area contributed by atoms with Crippen LogP contribution in [0, 0.1) is 0 Å². The van der Waals surface area contributed by atoms with E-state index in [9.17, 15) is 14.7 Å². The van der Waals surface area contributed by atoms with Crippen LogP contribution >= 0.6 is 0 Å². The average molecular weight is 248 g/mol. The number of hydrogen-bond acceptors (Lipinski definition) is 4. The summed E-state index contributed by atoms with van der Waals surface area (Å²) in [5.74, 6) is -1.02. The van der Waals surface area contributed by atoms with Crippen LogP contribution in [0.1, 0.15) is 35.8 Å². The Balaban J connectivity index is 2.80. The van der Waals surface area contributed by atoms with Crippen molar-refractivity contribution in [2.24, 2.45) is 0 Å². The number of aromatic amines is 1. The molecule has 0 bridgehead atoms. The quantitative estimate of drug-likeness (QED) is 0.864. The first-order valence-corrected chi connectivity index (χ1v) is 5.42. The first-order chi connectivity index (χ1) is 8.50. The molecule has 0 unspecified atom stereocenters. The molecule has 0 spiro atoms. The third-order valence-corrected chi connectivity index (χ3v) is 2.51. The van der Waals surface area contributed by atoms with Crippen LogP contribution in [-0.4, -0.2) is 21.0 Å². The zero-order chi connectivity index (χ0) is 13.3. The van der Waals surface area contributed by atoms with Crippen molar-refractivity contribution in [3.05, 3.63) is 40.1 Å². The van der Waals surface area contributed by atoms with Gasteiger partial charge in [0.05, 0.1) is 6.26 Å². The number of nitrogens with one attached hydrogen (secondary N) is 1. The second-order valence-electron chi connectivity index (χ2n) is 4.12. The van der Waals surface area contributed by atoms with Crippen molar-refractivity contribution in [2.45, 2.75) is 19.8 Å². The van der Waals surface area contributed by atoms with Gasteiger partial charge in [0, 0.05) is 5.69 Å². The predicted octanol–water partition coefficient (Wildman–Crippen LogP) is 1.85. The number of aromatic carboxylic acids is 1. The molecule has 2 rings (SSSR count). The minimum atomic E-state index is -1.14. The highest BCUT2D eigenvalue weighted by Crippen LogP contribution is 2.26. The van der Waals surface area contributed by atoms with Crippen LogP contribution in [0.25, 0.3) is 11.5 Å². The first kappa shape index (κ1) is 12.1. The monoisotopic (exact) mass is 248 g/mol. The molecule has 18 heavy (non-hydrogen) atoms. The van der Waals surface area contributed by atoms with Crippen LogP contribution < -0.4 is 5.69 Å². The normalized spacial score (nSPS) is 10.8. The molecular formula is C12H12N2O4. The van der Waals surface area contributed by atoms with Gasteiger partial charge in [-0.2, -0.15) is 4.98 Å². The van der Waals surface area contributed by atoms with Gasteiger partial charge < -0.3 is 14.5 Å². The molecule has 6 heteroatoms. The maximum Gasteiger partial charge on any atom is 0.345 e. The summed E-state index contributed by atoms with van der Waals surface area (Å²) in [5, 5.41) is 9.28. The second kappa shape index (κ2) is 4.48. The van der Waals surface area contributed by atoms with Crippen LogP contribution in [0.5, 0.6) is 0 Å². The van der Waals surface area contributed by atoms with E-state index in [1.165, 1.54) is 6.26 Å². The standard InChI is InChI=1S/C12H12N2O4/c1-6(2)9-8(11(15)16)10(14-12(17)13-9)7-4-3-5-18-7/h3-6H,1-2H3,(H,15,16)(H,13,14,17).